The summed E-state index contributed by atoms with van der Waals surface area (Å²) >= 11 is 32.8. The van der Waals surface area contributed by atoms with Gasteiger partial charge in [-0.15, -0.1) is 45.9 Å². The van der Waals surface area contributed by atoms with Gasteiger partial charge in [0.05, 0.1) is 66.2 Å². The first-order chi connectivity index (χ1) is 61.6. The maximum absolute atomic E-state index is 12.3. The molecule has 0 bridgehead atoms. The van der Waals surface area contributed by atoms with Crippen molar-refractivity contribution in [3.8, 4) is 28.7 Å². The predicted molar refractivity (Wildman–Crippen MR) is 458 cm³/mol. The van der Waals surface area contributed by atoms with Gasteiger partial charge in [0, 0.05) is 101 Å². The van der Waals surface area contributed by atoms with E-state index in [-0.39, 0.29) is 96.3 Å². The second-order valence-corrected chi connectivity index (χ2v) is 26.8. The van der Waals surface area contributed by atoms with E-state index in [2.05, 4.69) is 121 Å². The molecule has 0 saturated heterocycles. The molecule has 34 nitrogen and oxygen atoms in total. The van der Waals surface area contributed by atoms with Gasteiger partial charge in [-0.05, 0) is 164 Å². The molecule has 0 spiro atoms. The first-order valence-corrected chi connectivity index (χ1v) is 38.7. The summed E-state index contributed by atoms with van der Waals surface area (Å²) in [6, 6.07) is 48.1. The molecule has 7 aromatic carbocycles. The fourth-order valence-corrected chi connectivity index (χ4v) is 10.9. The third-order valence-corrected chi connectivity index (χ3v) is 16.4. The Morgan fingerprint density at radius 1 is 0.415 bits per heavy atom. The van der Waals surface area contributed by atoms with E-state index in [1.807, 2.05) is 62.9 Å². The summed E-state index contributed by atoms with van der Waals surface area (Å²) in [5, 5.41) is 72.6. The van der Waals surface area contributed by atoms with Crippen LogP contribution in [0.1, 0.15) is 50.3 Å². The Hall–Kier alpha value is -13.8. The van der Waals surface area contributed by atoms with Gasteiger partial charge in [-0.2, -0.15) is 59.2 Å². The third-order valence-electron chi connectivity index (χ3n) is 15.2. The number of alkyl halides is 10. The number of carbonyl (C=O) groups excluding carboxylic acids is 3. The molecule has 0 aliphatic rings. The normalized spacial score (nSPS) is 10.3. The molecule has 0 aliphatic heterocycles. The molecular formula is C79H69Cl6F10MnN21O13. The number of anilines is 11. The van der Waals surface area contributed by atoms with Gasteiger partial charge in [0.25, 0.3) is 0 Å². The van der Waals surface area contributed by atoms with Crippen molar-refractivity contribution in [2.75, 3.05) is 52.3 Å². The van der Waals surface area contributed by atoms with Gasteiger partial charge in [-0.3, -0.25) is 14.2 Å². The summed E-state index contributed by atoms with van der Waals surface area (Å²) in [5.41, 5.74) is 20.1. The average Bonchev–Trinajstić information content (AvgIpc) is 1.69. The molecule has 14 aromatic rings. The van der Waals surface area contributed by atoms with E-state index in [0.717, 1.165) is 33.2 Å². The molecule has 0 amide bonds. The van der Waals surface area contributed by atoms with Crippen molar-refractivity contribution < 1.29 is 119 Å². The van der Waals surface area contributed by atoms with Crippen molar-refractivity contribution >= 4 is 172 Å². The van der Waals surface area contributed by atoms with Crippen LogP contribution in [0, 0.1) is 0 Å². The van der Waals surface area contributed by atoms with Gasteiger partial charge in [0.1, 0.15) is 45.8 Å². The number of aldehydes is 1. The molecule has 0 fully saturated rings. The van der Waals surface area contributed by atoms with Gasteiger partial charge >= 0.3 is 67.5 Å². The van der Waals surface area contributed by atoms with Crippen LogP contribution in [0.15, 0.2) is 200 Å². The Labute approximate surface area is 765 Å². The molecule has 0 atom stereocenters. The van der Waals surface area contributed by atoms with Crippen molar-refractivity contribution in [2.24, 2.45) is 14.1 Å². The molecule has 0 saturated carbocycles. The topological polar surface area (TPSA) is 447 Å². The summed E-state index contributed by atoms with van der Waals surface area (Å²) in [7, 11) is 6.21. The number of nitrogens with one attached hydrogen (secondary N) is 5. The first-order valence-electron chi connectivity index (χ1n) is 35.5. The standard InChI is InChI=1S/C20H17ClF2N6O.C13H10ClF2N3O3.C12H10ClF2N3O2.C12H8ClF2N3O2.C8H9N3.C7H7F2NO.C6H4Cl2N2O2.CH4.Mn.2O/c1-29-11-12-8-14(4-7-16(12)28-29)24-10-18-17(9-19(21)27-26-18)25-13-2-5-15(6-3-13)30-20(22)23;1-21-12(20)11-9(6-10(14)18-19-11)17-7-2-4-8(5-3-7)22-13(15)16;2*13-11-5-9(10(6-19)17-18-11)16-7-1-3-8(4-2-7)20-12(14)15;1-11-5-6-4-7(9)2-3-8(6)10-11;8-7(9)11-6-3-1-5(10)2-4-6;1-12-6(11)5-3(7)2-4(8)9-10-5;;;;/h2-9,11,20,24H,10H2,1H3,(H,25,27);2-6,13H,1H3,(H,17,18);1-5,12,19H,6H2,(H,16,18);1-6,12H,(H,16,18);2-5H,9H2,1H3;1-4,7H,10H2;2H,1H3;1H4;;;. The molecule has 14 rings (SSSR count). The molecule has 0 aliphatic carbocycles. The first kappa shape index (κ1) is 105. The van der Waals surface area contributed by atoms with Gasteiger partial charge in [0.2, 0.25) is 0 Å². The summed E-state index contributed by atoms with van der Waals surface area (Å²) in [4.78, 5) is 33.3. The van der Waals surface area contributed by atoms with E-state index in [1.165, 1.54) is 136 Å². The second kappa shape index (κ2) is 53.7. The van der Waals surface area contributed by atoms with E-state index in [1.54, 1.807) is 39.7 Å². The van der Waals surface area contributed by atoms with Crippen molar-refractivity contribution in [1.82, 2.24) is 70.5 Å². The Kier molecular flexibility index (Phi) is 43.4. The number of carbonyl (C=O) groups is 3. The van der Waals surface area contributed by atoms with Gasteiger partial charge in [-0.25, -0.2) is 9.59 Å². The number of esters is 2. The number of aliphatic hydroxyl groups is 1. The predicted octanol–water partition coefficient (Wildman–Crippen LogP) is 19.5. The molecule has 51 heteroatoms. The van der Waals surface area contributed by atoms with Crippen LogP contribution in [0.5, 0.6) is 28.7 Å². The van der Waals surface area contributed by atoms with Crippen LogP contribution in [-0.4, -0.2) is 141 Å². The van der Waals surface area contributed by atoms with Crippen molar-refractivity contribution in [1.29, 1.82) is 0 Å². The van der Waals surface area contributed by atoms with E-state index < -0.39 is 59.8 Å². The van der Waals surface area contributed by atoms with E-state index in [0.29, 0.717) is 69.7 Å². The van der Waals surface area contributed by atoms with E-state index >= 15 is 0 Å². The van der Waals surface area contributed by atoms with Crippen LogP contribution >= 0.6 is 69.6 Å². The van der Waals surface area contributed by atoms with E-state index in [4.69, 9.17) is 93.8 Å². The van der Waals surface area contributed by atoms with Crippen LogP contribution in [0.4, 0.5) is 106 Å². The maximum atomic E-state index is 12.3. The second-order valence-electron chi connectivity index (χ2n) is 24.2. The summed E-state index contributed by atoms with van der Waals surface area (Å²) in [5.74, 6) is -1.03. The molecule has 687 valence electrons. The van der Waals surface area contributed by atoms with Gasteiger partial charge in [-0.1, -0.05) is 77.0 Å². The number of halogens is 16. The number of aromatic nitrogens is 14. The van der Waals surface area contributed by atoms with E-state index in [9.17, 15) is 58.3 Å². The number of hydrogen-bond donors (Lipinski definition) is 8. The van der Waals surface area contributed by atoms with Crippen LogP contribution < -0.4 is 61.7 Å². The summed E-state index contributed by atoms with van der Waals surface area (Å²) in [6.07, 6.45) is 4.42. The number of rotatable bonds is 25. The minimum absolute atomic E-state index is 0. The molecule has 7 heterocycles. The number of hydrogen-bond acceptors (Lipinski definition) is 32. The number of nitrogens with two attached hydrogens (primary N) is 2. The Balaban J connectivity index is 0.000000238. The number of aryl methyl sites for hydroxylation is 2. The van der Waals surface area contributed by atoms with Crippen LogP contribution in [0.2, 0.25) is 30.8 Å². The summed E-state index contributed by atoms with van der Waals surface area (Å²) in [6.45, 7) is -14.2. The fourth-order valence-electron chi connectivity index (χ4n) is 9.87. The molecule has 0 unspecified atom stereocenters. The van der Waals surface area contributed by atoms with Crippen molar-refractivity contribution in [3.05, 3.63) is 260 Å². The Morgan fingerprint density at radius 3 is 1.13 bits per heavy atom. The number of nitrogens with zero attached hydrogens (tertiary/aromatic N) is 14. The molecule has 0 radical (unpaired) electrons. The average molecular weight is 1980 g/mol. The van der Waals surface area contributed by atoms with Crippen LogP contribution in [-0.2, 0) is 59.2 Å². The number of nitrogen functional groups attached to an aromatic ring is 2. The van der Waals surface area contributed by atoms with Gasteiger partial charge in [0.15, 0.2) is 43.4 Å². The zero-order chi connectivity index (χ0) is 94.2. The van der Waals surface area contributed by atoms with Crippen LogP contribution in [0.25, 0.3) is 21.8 Å². The zero-order valence-corrected chi connectivity index (χ0v) is 71.8. The number of fused-ring (bicyclic) bond motifs is 2. The minimum atomic E-state index is -2.90. The zero-order valence-electron chi connectivity index (χ0n) is 66.1. The number of benzene rings is 7. The Bertz CT molecular complexity index is 6000. The van der Waals surface area contributed by atoms with Crippen molar-refractivity contribution in [2.45, 2.75) is 53.6 Å². The number of methoxy groups -OCH3 is 2. The number of ether oxygens (including phenoxy) is 7. The molecule has 10 N–H and O–H groups in total. The monoisotopic (exact) mass is 1970 g/mol. The molecule has 130 heavy (non-hydrogen) atoms. The fraction of sp³-hybridized carbons (Fsp3) is 0.152. The quantitative estimate of drug-likeness (QED) is 0.00866. The number of aliphatic hydroxyl groups excluding tert-OH is 1. The molecular weight excluding hydrogens is 1910 g/mol. The van der Waals surface area contributed by atoms with Gasteiger partial charge < -0.3 is 76.3 Å². The summed E-state index contributed by atoms with van der Waals surface area (Å²) < 4.78 is 170. The van der Waals surface area contributed by atoms with Crippen molar-refractivity contribution in [3.63, 3.8) is 0 Å². The SMILES string of the molecule is C.COC(=O)c1nnc(Cl)cc1Cl.COC(=O)c1nnc(Cl)cc1Nc1ccc(OC(F)F)cc1.Cn1cc2cc(N)ccc2n1.Cn1cc2cc(NCc3nnc(Cl)cc3Nc3ccc(OC(F)F)cc3)ccc2n1.Nc1ccc(OC(F)F)cc1.O=Cc1nnc(Cl)cc1Nc1ccc(OC(F)F)cc1.OCc1nnc(Cl)cc1Nc1ccc(OC(F)F)cc1.[O]=[Mn]=[O]. The third kappa shape index (κ3) is 36.5. The molecule has 7 aromatic heterocycles. The Morgan fingerprint density at radius 2 is 0.731 bits per heavy atom. The van der Waals surface area contributed by atoms with Crippen LogP contribution in [0.3, 0.4) is 0 Å².